The summed E-state index contributed by atoms with van der Waals surface area (Å²) in [5.41, 5.74) is 3.50. The van der Waals surface area contributed by atoms with Crippen molar-refractivity contribution in [2.45, 2.75) is 32.6 Å². The molecule has 162 valence electrons. The third-order valence-corrected chi connectivity index (χ3v) is 7.24. The van der Waals surface area contributed by atoms with E-state index in [0.717, 1.165) is 43.9 Å². The fourth-order valence-electron chi connectivity index (χ4n) is 3.79. The minimum absolute atomic E-state index is 0.0944. The van der Waals surface area contributed by atoms with Gasteiger partial charge in [-0.3, -0.25) is 4.72 Å². The monoisotopic (exact) mass is 431 g/mol. The van der Waals surface area contributed by atoms with Gasteiger partial charge in [0, 0.05) is 31.9 Å². The molecule has 7 nitrogen and oxygen atoms in total. The predicted molar refractivity (Wildman–Crippen MR) is 119 cm³/mol. The van der Waals surface area contributed by atoms with E-state index in [2.05, 4.69) is 16.5 Å². The molecule has 2 aromatic carbocycles. The molecule has 0 atom stereocenters. The van der Waals surface area contributed by atoms with Gasteiger partial charge in [-0.05, 0) is 68.3 Å². The lowest BCUT2D eigenvalue weighted by Gasteiger charge is -2.36. The number of aromatic carboxylic acids is 1. The summed E-state index contributed by atoms with van der Waals surface area (Å²) in [7, 11) is -3.84. The average molecular weight is 432 g/mol. The molecule has 1 fully saturated rings. The second-order valence-corrected chi connectivity index (χ2v) is 9.42. The van der Waals surface area contributed by atoms with Gasteiger partial charge in [0.2, 0.25) is 0 Å². The lowest BCUT2D eigenvalue weighted by Crippen LogP contribution is -2.46. The normalized spacial score (nSPS) is 15.3. The summed E-state index contributed by atoms with van der Waals surface area (Å²) in [6.45, 7) is 11.8. The fourth-order valence-corrected chi connectivity index (χ4v) is 5.15. The van der Waals surface area contributed by atoms with Crippen LogP contribution in [0.15, 0.2) is 35.2 Å². The van der Waals surface area contributed by atoms with Crippen LogP contribution in [0.2, 0.25) is 0 Å². The molecule has 0 aromatic heterocycles. The molecule has 0 unspecified atom stereocenters. The summed E-state index contributed by atoms with van der Waals surface area (Å²) in [4.78, 5) is 16.4. The number of piperazine rings is 1. The van der Waals surface area contributed by atoms with E-state index in [1.165, 1.54) is 6.07 Å². The minimum Gasteiger partial charge on any atom is -0.478 e. The first-order chi connectivity index (χ1) is 14.1. The molecule has 2 N–H and O–H groups in total. The zero-order valence-electron chi connectivity index (χ0n) is 17.9. The molecular weight excluding hydrogens is 402 g/mol. The second kappa shape index (κ2) is 8.65. The molecule has 8 heteroatoms. The van der Waals surface area contributed by atoms with Gasteiger partial charge >= 0.3 is 5.97 Å². The number of carboxylic acid groups (broad SMARTS) is 1. The number of likely N-dealkylation sites (N-methyl/N-ethyl adjacent to an activating group) is 1. The van der Waals surface area contributed by atoms with Gasteiger partial charge in [-0.25, -0.2) is 13.2 Å². The molecule has 0 amide bonds. The Morgan fingerprint density at radius 3 is 2.23 bits per heavy atom. The van der Waals surface area contributed by atoms with Gasteiger partial charge in [0.05, 0.1) is 16.1 Å². The van der Waals surface area contributed by atoms with Gasteiger partial charge in [0.25, 0.3) is 10.0 Å². The van der Waals surface area contributed by atoms with E-state index in [4.69, 9.17) is 0 Å². The number of carboxylic acids is 1. The van der Waals surface area contributed by atoms with E-state index >= 15 is 0 Å². The van der Waals surface area contributed by atoms with Crippen LogP contribution in [0.25, 0.3) is 0 Å². The third-order valence-electron chi connectivity index (χ3n) is 5.72. The Labute approximate surface area is 178 Å². The molecule has 3 rings (SSSR count). The van der Waals surface area contributed by atoms with Crippen LogP contribution >= 0.6 is 0 Å². The average Bonchev–Trinajstić information content (AvgIpc) is 2.70. The van der Waals surface area contributed by atoms with E-state index < -0.39 is 16.0 Å². The van der Waals surface area contributed by atoms with Gasteiger partial charge in [-0.15, -0.1) is 0 Å². The van der Waals surface area contributed by atoms with Gasteiger partial charge in [0.1, 0.15) is 0 Å². The van der Waals surface area contributed by atoms with Crippen molar-refractivity contribution in [3.05, 3.63) is 52.6 Å². The highest BCUT2D eigenvalue weighted by molar-refractivity contribution is 7.92. The first-order valence-corrected chi connectivity index (χ1v) is 11.6. The van der Waals surface area contributed by atoms with Gasteiger partial charge in [0.15, 0.2) is 0 Å². The maximum Gasteiger partial charge on any atom is 0.337 e. The van der Waals surface area contributed by atoms with Crippen molar-refractivity contribution in [1.82, 2.24) is 4.90 Å². The highest BCUT2D eigenvalue weighted by Crippen LogP contribution is 2.28. The van der Waals surface area contributed by atoms with Crippen LogP contribution in [0.4, 0.5) is 11.4 Å². The molecule has 0 bridgehead atoms. The third kappa shape index (κ3) is 4.60. The number of carbonyl (C=O) groups is 1. The maximum absolute atomic E-state index is 12.9. The maximum atomic E-state index is 12.9. The van der Waals surface area contributed by atoms with E-state index in [1.54, 1.807) is 25.1 Å². The topological polar surface area (TPSA) is 90.0 Å². The minimum atomic E-state index is -3.84. The molecule has 0 aliphatic carbocycles. The lowest BCUT2D eigenvalue weighted by molar-refractivity contribution is 0.0697. The van der Waals surface area contributed by atoms with Crippen molar-refractivity contribution in [2.24, 2.45) is 0 Å². The Bertz CT molecular complexity index is 1060. The van der Waals surface area contributed by atoms with E-state index in [9.17, 15) is 18.3 Å². The summed E-state index contributed by atoms with van der Waals surface area (Å²) in [6, 6.07) is 8.20. The second-order valence-electron chi connectivity index (χ2n) is 7.77. The molecule has 1 aliphatic rings. The summed E-state index contributed by atoms with van der Waals surface area (Å²) < 4.78 is 28.4. The Balaban J connectivity index is 1.90. The first-order valence-electron chi connectivity index (χ1n) is 10.1. The van der Waals surface area contributed by atoms with Crippen LogP contribution in [0.5, 0.6) is 0 Å². The van der Waals surface area contributed by atoms with Crippen LogP contribution in [0.1, 0.15) is 34.0 Å². The SMILES string of the molecule is CCN1CCN(c2ccc(NS(=O)(=O)c3cc(C)c(C)cc3C)cc2C(=O)O)CC1. The number of nitrogens with one attached hydrogen (secondary N) is 1. The largest absolute Gasteiger partial charge is 0.478 e. The van der Waals surface area contributed by atoms with Crippen molar-refractivity contribution >= 4 is 27.4 Å². The summed E-state index contributed by atoms with van der Waals surface area (Å²) in [6.07, 6.45) is 0. The zero-order chi connectivity index (χ0) is 22.1. The number of benzene rings is 2. The lowest BCUT2D eigenvalue weighted by atomic mass is 10.1. The van der Waals surface area contributed by atoms with Crippen molar-refractivity contribution in [3.8, 4) is 0 Å². The molecule has 0 saturated carbocycles. The number of hydrogen-bond donors (Lipinski definition) is 2. The first kappa shape index (κ1) is 22.1. The summed E-state index contributed by atoms with van der Waals surface area (Å²) in [5.74, 6) is -1.08. The van der Waals surface area contributed by atoms with Crippen LogP contribution in [0.3, 0.4) is 0 Å². The van der Waals surface area contributed by atoms with Gasteiger partial charge in [-0.1, -0.05) is 13.0 Å². The molecular formula is C22H29N3O4S. The number of sulfonamides is 1. The Morgan fingerprint density at radius 2 is 1.63 bits per heavy atom. The molecule has 1 saturated heterocycles. The number of hydrogen-bond acceptors (Lipinski definition) is 5. The van der Waals surface area contributed by atoms with E-state index in [0.29, 0.717) is 11.3 Å². The number of nitrogens with zero attached hydrogens (tertiary/aromatic N) is 2. The number of aryl methyl sites for hydroxylation is 3. The van der Waals surface area contributed by atoms with Crippen LogP contribution in [0, 0.1) is 20.8 Å². The highest BCUT2D eigenvalue weighted by atomic mass is 32.2. The smallest absolute Gasteiger partial charge is 0.337 e. The number of anilines is 2. The summed E-state index contributed by atoms with van der Waals surface area (Å²) in [5, 5.41) is 9.73. The Morgan fingerprint density at radius 1 is 1.00 bits per heavy atom. The standard InChI is InChI=1S/C22H29N3O4S/c1-5-24-8-10-25(11-9-24)20-7-6-18(14-19(20)22(26)27)23-30(28,29)21-13-16(3)15(2)12-17(21)4/h6-7,12-14,23H,5,8-11H2,1-4H3,(H,26,27). The Hall–Kier alpha value is -2.58. The molecule has 0 radical (unpaired) electrons. The predicted octanol–water partition coefficient (Wildman–Crippen LogP) is 3.25. The van der Waals surface area contributed by atoms with Gasteiger partial charge in [-0.2, -0.15) is 0 Å². The quantitative estimate of drug-likeness (QED) is 0.730. The van der Waals surface area contributed by atoms with E-state index in [1.807, 2.05) is 24.8 Å². The van der Waals surface area contributed by atoms with Gasteiger partial charge < -0.3 is 14.9 Å². The van der Waals surface area contributed by atoms with Crippen molar-refractivity contribution in [2.75, 3.05) is 42.3 Å². The molecule has 0 spiro atoms. The molecule has 1 heterocycles. The van der Waals surface area contributed by atoms with Crippen LogP contribution < -0.4 is 9.62 Å². The molecule has 1 aliphatic heterocycles. The van der Waals surface area contributed by atoms with Crippen LogP contribution in [-0.4, -0.2) is 57.1 Å². The zero-order valence-corrected chi connectivity index (χ0v) is 18.7. The van der Waals surface area contributed by atoms with E-state index in [-0.39, 0.29) is 16.1 Å². The van der Waals surface area contributed by atoms with Crippen molar-refractivity contribution < 1.29 is 18.3 Å². The number of rotatable bonds is 6. The van der Waals surface area contributed by atoms with Crippen molar-refractivity contribution in [1.29, 1.82) is 0 Å². The molecule has 2 aromatic rings. The van der Waals surface area contributed by atoms with Crippen molar-refractivity contribution in [3.63, 3.8) is 0 Å². The van der Waals surface area contributed by atoms with Crippen LogP contribution in [-0.2, 0) is 10.0 Å². The summed E-state index contributed by atoms with van der Waals surface area (Å²) >= 11 is 0. The highest BCUT2D eigenvalue weighted by Gasteiger charge is 2.23. The molecule has 30 heavy (non-hydrogen) atoms. The fraction of sp³-hybridized carbons (Fsp3) is 0.409. The Kier molecular flexibility index (Phi) is 6.38.